The molecule has 4 rings (SSSR count). The maximum absolute atomic E-state index is 14.0. The smallest absolute Gasteiger partial charge is 0.146 e. The van der Waals surface area contributed by atoms with Gasteiger partial charge in [0.2, 0.25) is 0 Å². The molecule has 1 aliphatic heterocycles. The second kappa shape index (κ2) is 7.09. The Labute approximate surface area is 210 Å². The minimum Gasteiger partial charge on any atom is -0.389 e. The monoisotopic (exact) mass is 619 g/mol. The standard InChI is InChI=1S/C23H36O5.Ac/c1-11-8-16-22(26,10-28-16)18-14(4)23(27)9-15(24)12(2)17(20(23,5)6)13(3)19(25)21(11,18)7;/h11,13-16,18,24,26-27H,8-10H2,1-7H3;/t11-,13+,14?,15?,16?,18?,21+,22?,23?;/m0./s1. The third-order valence-electron chi connectivity index (χ3n) is 9.64. The summed E-state index contributed by atoms with van der Waals surface area (Å²) in [6.07, 6.45) is -0.196. The van der Waals surface area contributed by atoms with Gasteiger partial charge in [0.1, 0.15) is 11.4 Å². The Balaban J connectivity index is 0.00000240. The maximum Gasteiger partial charge on any atom is 0.146 e. The van der Waals surface area contributed by atoms with Crippen LogP contribution in [-0.2, 0) is 9.53 Å². The van der Waals surface area contributed by atoms with Gasteiger partial charge in [-0.3, -0.25) is 4.79 Å². The van der Waals surface area contributed by atoms with E-state index in [0.29, 0.717) is 6.42 Å². The molecule has 0 aromatic rings. The summed E-state index contributed by atoms with van der Waals surface area (Å²) in [6.45, 7) is 14.0. The van der Waals surface area contributed by atoms with E-state index >= 15 is 0 Å². The average molecular weight is 620 g/mol. The maximum atomic E-state index is 14.0. The first-order valence-electron chi connectivity index (χ1n) is 10.7. The van der Waals surface area contributed by atoms with Gasteiger partial charge in [0.05, 0.1) is 24.4 Å². The van der Waals surface area contributed by atoms with E-state index in [-0.39, 0.29) is 80.8 Å². The van der Waals surface area contributed by atoms with Crippen LogP contribution in [0.1, 0.15) is 61.3 Å². The van der Waals surface area contributed by atoms with Crippen molar-refractivity contribution in [3.8, 4) is 0 Å². The molecule has 4 aliphatic rings. The number of fused-ring (bicyclic) bond motifs is 5. The van der Waals surface area contributed by atoms with Crippen molar-refractivity contribution in [1.29, 1.82) is 0 Å². The molecule has 0 amide bonds. The van der Waals surface area contributed by atoms with Crippen LogP contribution in [0.2, 0.25) is 0 Å². The molecular formula is C23H36AcO5. The van der Waals surface area contributed by atoms with Crippen LogP contribution in [0.4, 0.5) is 0 Å². The molecule has 6 unspecified atom stereocenters. The Morgan fingerprint density at radius 1 is 1.10 bits per heavy atom. The van der Waals surface area contributed by atoms with Crippen molar-refractivity contribution in [3.63, 3.8) is 0 Å². The molecule has 3 aliphatic carbocycles. The first-order valence-corrected chi connectivity index (χ1v) is 10.7. The van der Waals surface area contributed by atoms with Crippen LogP contribution < -0.4 is 0 Å². The fourth-order valence-corrected chi connectivity index (χ4v) is 7.79. The van der Waals surface area contributed by atoms with E-state index in [1.54, 1.807) is 0 Å². The SMILES string of the molecule is CC1=C2[C@@H](C)C(=O)[C@@]3(C)C(C(C)C(O)(CC1O)C2(C)C)C1(O)COC1C[C@@H]3C.[Ac]. The molecule has 1 heterocycles. The van der Waals surface area contributed by atoms with Gasteiger partial charge >= 0.3 is 0 Å². The van der Waals surface area contributed by atoms with Crippen molar-refractivity contribution >= 4 is 5.78 Å². The van der Waals surface area contributed by atoms with Gasteiger partial charge in [-0.25, -0.2) is 0 Å². The number of carbonyl (C=O) groups is 1. The Morgan fingerprint density at radius 2 is 1.69 bits per heavy atom. The van der Waals surface area contributed by atoms with Gasteiger partial charge in [-0.15, -0.1) is 0 Å². The van der Waals surface area contributed by atoms with Crippen molar-refractivity contribution in [3.05, 3.63) is 11.1 Å². The number of aliphatic hydroxyl groups is 3. The van der Waals surface area contributed by atoms with Crippen LogP contribution >= 0.6 is 0 Å². The van der Waals surface area contributed by atoms with Gasteiger partial charge in [0, 0.05) is 73.1 Å². The van der Waals surface area contributed by atoms with Crippen molar-refractivity contribution < 1.29 is 68.9 Å². The second-order valence-electron chi connectivity index (χ2n) is 10.9. The number of Topliss-reactive ketones (excluding diaryl/α,β-unsaturated/α-hetero) is 1. The average Bonchev–Trinajstić information content (AvgIpc) is 2.60. The van der Waals surface area contributed by atoms with Crippen molar-refractivity contribution in [2.45, 2.75) is 84.7 Å². The van der Waals surface area contributed by atoms with Crippen LogP contribution in [-0.4, -0.2) is 51.1 Å². The quantitative estimate of drug-likeness (QED) is 0.363. The minimum absolute atomic E-state index is 0. The number of aliphatic hydroxyl groups excluding tert-OH is 1. The number of hydrogen-bond acceptors (Lipinski definition) is 5. The molecule has 2 bridgehead atoms. The molecule has 9 atom stereocenters. The molecule has 3 fully saturated rings. The Bertz CT molecular complexity index is 762. The van der Waals surface area contributed by atoms with Crippen LogP contribution in [0, 0.1) is 78.6 Å². The third kappa shape index (κ3) is 2.72. The fraction of sp³-hybridized carbons (Fsp3) is 0.870. The molecule has 0 aromatic carbocycles. The van der Waals surface area contributed by atoms with Gasteiger partial charge in [-0.05, 0) is 36.3 Å². The summed E-state index contributed by atoms with van der Waals surface area (Å²) in [7, 11) is 0. The van der Waals surface area contributed by atoms with Gasteiger partial charge < -0.3 is 20.1 Å². The van der Waals surface area contributed by atoms with Crippen LogP contribution in [0.25, 0.3) is 0 Å². The normalized spacial score (nSPS) is 53.7. The summed E-state index contributed by atoms with van der Waals surface area (Å²) in [5.74, 6) is -1.05. The topological polar surface area (TPSA) is 87.0 Å². The van der Waals surface area contributed by atoms with Crippen LogP contribution in [0.5, 0.6) is 0 Å². The minimum atomic E-state index is -1.23. The van der Waals surface area contributed by atoms with Crippen LogP contribution in [0.3, 0.4) is 0 Å². The summed E-state index contributed by atoms with van der Waals surface area (Å²) in [4.78, 5) is 14.0. The number of ether oxygens (including phenoxy) is 1. The molecule has 2 saturated carbocycles. The summed E-state index contributed by atoms with van der Waals surface area (Å²) in [6, 6.07) is 0. The molecule has 161 valence electrons. The van der Waals surface area contributed by atoms with Crippen molar-refractivity contribution in [2.75, 3.05) is 6.61 Å². The van der Waals surface area contributed by atoms with Gasteiger partial charge in [0.15, 0.2) is 0 Å². The molecule has 6 heteroatoms. The Hall–Kier alpha value is 0.692. The van der Waals surface area contributed by atoms with Crippen molar-refractivity contribution in [1.82, 2.24) is 0 Å². The third-order valence-corrected chi connectivity index (χ3v) is 9.64. The number of ketones is 1. The molecule has 3 N–H and O–H groups in total. The predicted octanol–water partition coefficient (Wildman–Crippen LogP) is 2.47. The Morgan fingerprint density at radius 3 is 2.21 bits per heavy atom. The molecule has 0 spiro atoms. The van der Waals surface area contributed by atoms with E-state index in [1.165, 1.54) is 0 Å². The first-order chi connectivity index (χ1) is 12.7. The molecule has 1 saturated heterocycles. The molecule has 0 aromatic heterocycles. The Kier molecular flexibility index (Phi) is 5.95. The fourth-order valence-electron chi connectivity index (χ4n) is 7.79. The zero-order valence-electron chi connectivity index (χ0n) is 18.8. The van der Waals surface area contributed by atoms with Crippen LogP contribution in [0.15, 0.2) is 11.1 Å². The molecule has 1 radical (unpaired) electrons. The van der Waals surface area contributed by atoms with E-state index in [0.717, 1.165) is 11.1 Å². The zero-order chi connectivity index (χ0) is 21.0. The largest absolute Gasteiger partial charge is 0.389 e. The van der Waals surface area contributed by atoms with Gasteiger partial charge in [-0.1, -0.05) is 41.5 Å². The summed E-state index contributed by atoms with van der Waals surface area (Å²) in [5, 5.41) is 34.6. The molecule has 29 heavy (non-hydrogen) atoms. The molecule has 5 nitrogen and oxygen atoms in total. The predicted molar refractivity (Wildman–Crippen MR) is 105 cm³/mol. The van der Waals surface area contributed by atoms with E-state index in [4.69, 9.17) is 4.74 Å². The second-order valence-corrected chi connectivity index (χ2v) is 10.9. The van der Waals surface area contributed by atoms with E-state index in [2.05, 4.69) is 6.92 Å². The summed E-state index contributed by atoms with van der Waals surface area (Å²) in [5.41, 5.74) is -2.08. The first kappa shape index (κ1) is 24.3. The van der Waals surface area contributed by atoms with Crippen molar-refractivity contribution in [2.24, 2.45) is 34.5 Å². The van der Waals surface area contributed by atoms with E-state index in [1.807, 2.05) is 41.5 Å². The van der Waals surface area contributed by atoms with E-state index in [9.17, 15) is 20.1 Å². The van der Waals surface area contributed by atoms with Gasteiger partial charge in [0.25, 0.3) is 0 Å². The summed E-state index contributed by atoms with van der Waals surface area (Å²) < 4.78 is 5.71. The zero-order valence-corrected chi connectivity index (χ0v) is 23.6. The van der Waals surface area contributed by atoms with E-state index < -0.39 is 40.0 Å². The summed E-state index contributed by atoms with van der Waals surface area (Å²) >= 11 is 0. The number of carbonyl (C=O) groups excluding carboxylic acids is 1. The van der Waals surface area contributed by atoms with Gasteiger partial charge in [-0.2, -0.15) is 0 Å². The number of hydrogen-bond donors (Lipinski definition) is 3. The number of rotatable bonds is 0. The molecular weight excluding hydrogens is 583 g/mol.